The smallest absolute Gasteiger partial charge is 0.242 e. The Hall–Kier alpha value is -2.95. The van der Waals surface area contributed by atoms with E-state index in [1.54, 1.807) is 17.0 Å². The Bertz CT molecular complexity index is 726. The van der Waals surface area contributed by atoms with Gasteiger partial charge in [-0.2, -0.15) is 5.26 Å². The van der Waals surface area contributed by atoms with Gasteiger partial charge in [-0.25, -0.2) is 4.98 Å². The number of carbonyl (C=O) groups excluding carboxylic acids is 3. The molecule has 2 saturated heterocycles. The van der Waals surface area contributed by atoms with E-state index < -0.39 is 0 Å². The van der Waals surface area contributed by atoms with E-state index in [1.165, 1.54) is 6.20 Å². The number of hydrogen-bond acceptors (Lipinski definition) is 6. The van der Waals surface area contributed by atoms with E-state index in [1.807, 2.05) is 6.07 Å². The van der Waals surface area contributed by atoms with Gasteiger partial charge in [-0.15, -0.1) is 0 Å². The van der Waals surface area contributed by atoms with Crippen LogP contribution in [0.1, 0.15) is 31.2 Å². The molecular weight excluding hydrogens is 324 g/mol. The SMILES string of the molecule is N#Cc1ccnc(O[C@@H]2CCCN(C(=O)CN3C(=O)CCC3=O)C2)c1. The third kappa shape index (κ3) is 3.94. The first kappa shape index (κ1) is 16.9. The van der Waals surface area contributed by atoms with Crippen molar-refractivity contribution in [3.05, 3.63) is 23.9 Å². The molecule has 1 aromatic heterocycles. The Morgan fingerprint density at radius 3 is 2.84 bits per heavy atom. The summed E-state index contributed by atoms with van der Waals surface area (Å²) in [6.07, 6.45) is 3.16. The van der Waals surface area contributed by atoms with Crippen LogP contribution in [0, 0.1) is 11.3 Å². The minimum absolute atomic E-state index is 0.179. The number of amides is 3. The number of likely N-dealkylation sites (tertiary alicyclic amines) is 2. The fraction of sp³-hybridized carbons (Fsp3) is 0.471. The van der Waals surface area contributed by atoms with E-state index in [-0.39, 0.29) is 43.2 Å². The predicted molar refractivity (Wildman–Crippen MR) is 85.1 cm³/mol. The number of hydrogen-bond donors (Lipinski definition) is 0. The molecule has 25 heavy (non-hydrogen) atoms. The Morgan fingerprint density at radius 1 is 1.36 bits per heavy atom. The predicted octanol–water partition coefficient (Wildman–Crippen LogP) is 0.472. The number of pyridine rings is 1. The molecule has 1 aromatic rings. The van der Waals surface area contributed by atoms with Gasteiger partial charge in [-0.05, 0) is 18.9 Å². The lowest BCUT2D eigenvalue weighted by atomic mass is 10.1. The number of nitrogens with zero attached hydrogens (tertiary/aromatic N) is 4. The average Bonchev–Trinajstić information content (AvgIpc) is 2.94. The van der Waals surface area contributed by atoms with Gasteiger partial charge >= 0.3 is 0 Å². The summed E-state index contributed by atoms with van der Waals surface area (Å²) in [5, 5.41) is 8.92. The van der Waals surface area contributed by atoms with Gasteiger partial charge in [0.2, 0.25) is 23.6 Å². The molecule has 2 fully saturated rings. The summed E-state index contributed by atoms with van der Waals surface area (Å²) in [7, 11) is 0. The molecule has 0 aromatic carbocycles. The van der Waals surface area contributed by atoms with Crippen LogP contribution in [0.25, 0.3) is 0 Å². The van der Waals surface area contributed by atoms with E-state index in [0.29, 0.717) is 24.5 Å². The maximum Gasteiger partial charge on any atom is 0.242 e. The van der Waals surface area contributed by atoms with E-state index >= 15 is 0 Å². The van der Waals surface area contributed by atoms with E-state index in [0.717, 1.165) is 17.7 Å². The third-order valence-corrected chi connectivity index (χ3v) is 4.33. The lowest BCUT2D eigenvalue weighted by molar-refractivity contribution is -0.146. The van der Waals surface area contributed by atoms with Gasteiger partial charge in [0.25, 0.3) is 0 Å². The van der Waals surface area contributed by atoms with Crippen molar-refractivity contribution in [2.24, 2.45) is 0 Å². The molecule has 0 bridgehead atoms. The minimum atomic E-state index is -0.291. The maximum absolute atomic E-state index is 12.4. The highest BCUT2D eigenvalue weighted by Gasteiger charge is 2.33. The first-order chi connectivity index (χ1) is 12.1. The van der Waals surface area contributed by atoms with Crippen LogP contribution < -0.4 is 4.74 Å². The molecule has 0 saturated carbocycles. The van der Waals surface area contributed by atoms with Crippen LogP contribution in [0.4, 0.5) is 0 Å². The van der Waals surface area contributed by atoms with Gasteiger partial charge in [0.05, 0.1) is 18.2 Å². The van der Waals surface area contributed by atoms with E-state index in [4.69, 9.17) is 10.00 Å². The molecular formula is C17H18N4O4. The van der Waals surface area contributed by atoms with E-state index in [9.17, 15) is 14.4 Å². The summed E-state index contributed by atoms with van der Waals surface area (Å²) >= 11 is 0. The topological polar surface area (TPSA) is 104 Å². The Morgan fingerprint density at radius 2 is 2.12 bits per heavy atom. The Kier molecular flexibility index (Phi) is 4.93. The summed E-state index contributed by atoms with van der Waals surface area (Å²) in [6, 6.07) is 5.18. The molecule has 0 unspecified atom stereocenters. The van der Waals surface area contributed by atoms with Gasteiger partial charge in [-0.1, -0.05) is 0 Å². The lowest BCUT2D eigenvalue weighted by Gasteiger charge is -2.33. The summed E-state index contributed by atoms with van der Waals surface area (Å²) in [6.45, 7) is 0.737. The van der Waals surface area contributed by atoms with Gasteiger partial charge in [0.1, 0.15) is 12.6 Å². The second kappa shape index (κ2) is 7.30. The van der Waals surface area contributed by atoms with Crippen molar-refractivity contribution in [2.75, 3.05) is 19.6 Å². The van der Waals surface area contributed by atoms with Crippen LogP contribution >= 0.6 is 0 Å². The largest absolute Gasteiger partial charge is 0.472 e. The fourth-order valence-corrected chi connectivity index (χ4v) is 3.01. The van der Waals surface area contributed by atoms with Crippen LogP contribution in [0.5, 0.6) is 5.88 Å². The van der Waals surface area contributed by atoms with Crippen molar-refractivity contribution in [2.45, 2.75) is 31.8 Å². The molecule has 3 rings (SSSR count). The highest BCUT2D eigenvalue weighted by atomic mass is 16.5. The summed E-state index contributed by atoms with van der Waals surface area (Å²) in [5.41, 5.74) is 0.458. The minimum Gasteiger partial charge on any atom is -0.472 e. The van der Waals surface area contributed by atoms with Crippen molar-refractivity contribution < 1.29 is 19.1 Å². The number of rotatable bonds is 4. The number of aromatic nitrogens is 1. The van der Waals surface area contributed by atoms with Gasteiger partial charge in [-0.3, -0.25) is 19.3 Å². The Balaban J connectivity index is 1.59. The molecule has 3 heterocycles. The van der Waals surface area contributed by atoms with Crippen LogP contribution in [0.2, 0.25) is 0 Å². The zero-order valence-electron chi connectivity index (χ0n) is 13.7. The fourth-order valence-electron chi connectivity index (χ4n) is 3.01. The monoisotopic (exact) mass is 342 g/mol. The van der Waals surface area contributed by atoms with E-state index in [2.05, 4.69) is 4.98 Å². The Labute approximate surface area is 145 Å². The molecule has 0 aliphatic carbocycles. The second-order valence-electron chi connectivity index (χ2n) is 6.09. The highest BCUT2D eigenvalue weighted by molar-refractivity contribution is 6.04. The first-order valence-electron chi connectivity index (χ1n) is 8.20. The third-order valence-electron chi connectivity index (χ3n) is 4.33. The molecule has 0 radical (unpaired) electrons. The number of nitriles is 1. The van der Waals surface area contributed by atoms with Crippen LogP contribution in [0.3, 0.4) is 0 Å². The molecule has 130 valence electrons. The van der Waals surface area contributed by atoms with Crippen molar-refractivity contribution >= 4 is 17.7 Å². The normalized spacial score (nSPS) is 20.5. The van der Waals surface area contributed by atoms with Gasteiger partial charge in [0.15, 0.2) is 0 Å². The molecule has 2 aliphatic heterocycles. The van der Waals surface area contributed by atoms with Gasteiger partial charge in [0, 0.05) is 31.6 Å². The van der Waals surface area contributed by atoms with Crippen molar-refractivity contribution in [1.82, 2.24) is 14.8 Å². The molecule has 0 N–H and O–H groups in total. The summed E-state index contributed by atoms with van der Waals surface area (Å²) in [4.78, 5) is 42.4. The number of ether oxygens (including phenoxy) is 1. The standard InChI is InChI=1S/C17H18N4O4/c18-9-12-5-6-19-14(8-12)25-13-2-1-7-20(10-13)17(24)11-21-15(22)3-4-16(21)23/h5-6,8,13H,1-4,7,10-11H2/t13-/m1/s1. The second-order valence-corrected chi connectivity index (χ2v) is 6.09. The zero-order chi connectivity index (χ0) is 17.8. The molecule has 0 spiro atoms. The van der Waals surface area contributed by atoms with Crippen LogP contribution in [-0.2, 0) is 14.4 Å². The maximum atomic E-state index is 12.4. The average molecular weight is 342 g/mol. The zero-order valence-corrected chi connectivity index (χ0v) is 13.7. The number of carbonyl (C=O) groups is 3. The number of piperidine rings is 1. The molecule has 1 atom stereocenters. The molecule has 8 nitrogen and oxygen atoms in total. The molecule has 2 aliphatic rings. The van der Waals surface area contributed by atoms with Crippen molar-refractivity contribution in [3.8, 4) is 11.9 Å². The van der Waals surface area contributed by atoms with Gasteiger partial charge < -0.3 is 9.64 Å². The summed E-state index contributed by atoms with van der Waals surface area (Å²) in [5.74, 6) is -0.486. The first-order valence-corrected chi connectivity index (χ1v) is 8.20. The highest BCUT2D eigenvalue weighted by Crippen LogP contribution is 2.19. The summed E-state index contributed by atoms with van der Waals surface area (Å²) < 4.78 is 5.79. The van der Waals surface area contributed by atoms with Crippen LogP contribution in [-0.4, -0.2) is 58.2 Å². The quantitative estimate of drug-likeness (QED) is 0.737. The van der Waals surface area contributed by atoms with Crippen LogP contribution in [0.15, 0.2) is 18.3 Å². The lowest BCUT2D eigenvalue weighted by Crippen LogP contribution is -2.48. The molecule has 3 amide bonds. The molecule has 8 heteroatoms. The number of imide groups is 1. The van der Waals surface area contributed by atoms with Crippen molar-refractivity contribution in [3.63, 3.8) is 0 Å². The van der Waals surface area contributed by atoms with Crippen molar-refractivity contribution in [1.29, 1.82) is 5.26 Å².